The highest BCUT2D eigenvalue weighted by Crippen LogP contribution is 2.24. The minimum atomic E-state index is -0.323. The van der Waals surface area contributed by atoms with E-state index in [0.29, 0.717) is 27.6 Å². The van der Waals surface area contributed by atoms with E-state index in [9.17, 15) is 9.59 Å². The molecule has 1 unspecified atom stereocenters. The first-order valence-electron chi connectivity index (χ1n) is 10.4. The standard InChI is InChI=1S/C26H22ClN3O2S/c1-2-16-30-25(32)21-10-6-7-11-22(21)28-26(30)33-17-23(31)29-24(18-8-4-3-5-9-18)19-12-14-20(27)15-13-19/h2-15,24H,1,16-17H2,(H,29,31). The third-order valence-electron chi connectivity index (χ3n) is 5.11. The van der Waals surface area contributed by atoms with Gasteiger partial charge in [-0.25, -0.2) is 4.98 Å². The van der Waals surface area contributed by atoms with Gasteiger partial charge in [-0.2, -0.15) is 0 Å². The van der Waals surface area contributed by atoms with Gasteiger partial charge in [-0.15, -0.1) is 6.58 Å². The molecule has 166 valence electrons. The number of aromatic nitrogens is 2. The largest absolute Gasteiger partial charge is 0.344 e. The van der Waals surface area contributed by atoms with Crippen LogP contribution in [0.4, 0.5) is 0 Å². The maximum absolute atomic E-state index is 13.0. The molecule has 0 aliphatic carbocycles. The molecule has 1 amide bonds. The van der Waals surface area contributed by atoms with Gasteiger partial charge >= 0.3 is 0 Å². The second-order valence-corrected chi connectivity index (χ2v) is 8.75. The van der Waals surface area contributed by atoms with Gasteiger partial charge in [0.15, 0.2) is 5.16 Å². The number of para-hydroxylation sites is 1. The van der Waals surface area contributed by atoms with Crippen molar-refractivity contribution in [2.75, 3.05) is 5.75 Å². The zero-order valence-corrected chi connectivity index (χ0v) is 19.4. The lowest BCUT2D eigenvalue weighted by Gasteiger charge is -2.20. The Morgan fingerprint density at radius 3 is 2.42 bits per heavy atom. The summed E-state index contributed by atoms with van der Waals surface area (Å²) in [5.41, 5.74) is 2.35. The topological polar surface area (TPSA) is 64.0 Å². The van der Waals surface area contributed by atoms with Crippen LogP contribution in [0.15, 0.2) is 101 Å². The Bertz CT molecular complexity index is 1340. The first-order chi connectivity index (χ1) is 16.1. The van der Waals surface area contributed by atoms with Gasteiger partial charge in [0.25, 0.3) is 5.56 Å². The normalized spacial score (nSPS) is 11.8. The molecule has 3 aromatic carbocycles. The van der Waals surface area contributed by atoms with Crippen molar-refractivity contribution in [3.8, 4) is 0 Å². The third-order valence-corrected chi connectivity index (χ3v) is 6.34. The van der Waals surface area contributed by atoms with E-state index in [4.69, 9.17) is 11.6 Å². The monoisotopic (exact) mass is 475 g/mol. The van der Waals surface area contributed by atoms with Crippen molar-refractivity contribution in [2.45, 2.75) is 17.7 Å². The summed E-state index contributed by atoms with van der Waals surface area (Å²) in [5.74, 6) is -0.0601. The van der Waals surface area contributed by atoms with E-state index >= 15 is 0 Å². The summed E-state index contributed by atoms with van der Waals surface area (Å²) in [7, 11) is 0. The molecule has 0 bridgehead atoms. The zero-order valence-electron chi connectivity index (χ0n) is 17.8. The highest BCUT2D eigenvalue weighted by Gasteiger charge is 2.18. The number of carbonyl (C=O) groups excluding carboxylic acids is 1. The molecule has 1 atom stereocenters. The van der Waals surface area contributed by atoms with Crippen molar-refractivity contribution in [3.63, 3.8) is 0 Å². The van der Waals surface area contributed by atoms with E-state index < -0.39 is 0 Å². The molecule has 0 aliphatic rings. The molecule has 0 spiro atoms. The van der Waals surface area contributed by atoms with Gasteiger partial charge in [0, 0.05) is 11.6 Å². The average molecular weight is 476 g/mol. The second kappa shape index (κ2) is 10.5. The number of hydrogen-bond acceptors (Lipinski definition) is 4. The molecule has 7 heteroatoms. The Balaban J connectivity index is 1.57. The fourth-order valence-corrected chi connectivity index (χ4v) is 4.49. The van der Waals surface area contributed by atoms with Crippen LogP contribution in [0, 0.1) is 0 Å². The number of nitrogens with zero attached hydrogens (tertiary/aromatic N) is 2. The number of benzene rings is 3. The molecule has 4 rings (SSSR count). The maximum atomic E-state index is 13.0. The fourth-order valence-electron chi connectivity index (χ4n) is 3.54. The van der Waals surface area contributed by atoms with Gasteiger partial charge in [0.2, 0.25) is 5.91 Å². The summed E-state index contributed by atoms with van der Waals surface area (Å²) < 4.78 is 1.54. The fraction of sp³-hybridized carbons (Fsp3) is 0.115. The van der Waals surface area contributed by atoms with Crippen LogP contribution < -0.4 is 10.9 Å². The van der Waals surface area contributed by atoms with Gasteiger partial charge in [-0.1, -0.05) is 84.0 Å². The van der Waals surface area contributed by atoms with E-state index in [0.717, 1.165) is 11.1 Å². The van der Waals surface area contributed by atoms with E-state index in [1.54, 1.807) is 34.9 Å². The number of hydrogen-bond donors (Lipinski definition) is 1. The van der Waals surface area contributed by atoms with Crippen LogP contribution in [-0.2, 0) is 11.3 Å². The molecule has 1 heterocycles. The van der Waals surface area contributed by atoms with Gasteiger partial charge < -0.3 is 5.32 Å². The number of amides is 1. The second-order valence-electron chi connectivity index (χ2n) is 7.37. The third kappa shape index (κ3) is 5.35. The van der Waals surface area contributed by atoms with Crippen molar-refractivity contribution < 1.29 is 4.79 Å². The Morgan fingerprint density at radius 1 is 1.03 bits per heavy atom. The molecule has 33 heavy (non-hydrogen) atoms. The van der Waals surface area contributed by atoms with Gasteiger partial charge in [-0.3, -0.25) is 14.2 Å². The summed E-state index contributed by atoms with van der Waals surface area (Å²) in [4.78, 5) is 30.5. The Morgan fingerprint density at radius 2 is 1.70 bits per heavy atom. The van der Waals surface area contributed by atoms with Crippen molar-refractivity contribution in [1.29, 1.82) is 0 Å². The first kappa shape index (κ1) is 22.8. The van der Waals surface area contributed by atoms with Crippen LogP contribution in [0.1, 0.15) is 17.2 Å². The van der Waals surface area contributed by atoms with Crippen LogP contribution in [-0.4, -0.2) is 21.2 Å². The van der Waals surface area contributed by atoms with E-state index in [1.165, 1.54) is 11.8 Å². The maximum Gasteiger partial charge on any atom is 0.262 e. The Labute approximate surface area is 201 Å². The smallest absolute Gasteiger partial charge is 0.262 e. The Hall–Kier alpha value is -3.35. The lowest BCUT2D eigenvalue weighted by molar-refractivity contribution is -0.119. The number of nitrogens with one attached hydrogen (secondary N) is 1. The van der Waals surface area contributed by atoms with Gasteiger partial charge in [0.05, 0.1) is 22.7 Å². The summed E-state index contributed by atoms with van der Waals surface area (Å²) in [6, 6.07) is 24.0. The Kier molecular flexibility index (Phi) is 7.27. The molecule has 0 saturated heterocycles. The quantitative estimate of drug-likeness (QED) is 0.215. The molecule has 0 aliphatic heterocycles. The lowest BCUT2D eigenvalue weighted by atomic mass is 9.99. The van der Waals surface area contributed by atoms with Crippen molar-refractivity contribution in [3.05, 3.63) is 118 Å². The molecular weight excluding hydrogens is 454 g/mol. The van der Waals surface area contributed by atoms with Crippen LogP contribution in [0.5, 0.6) is 0 Å². The van der Waals surface area contributed by atoms with Crippen LogP contribution in [0.3, 0.4) is 0 Å². The van der Waals surface area contributed by atoms with Gasteiger partial charge in [-0.05, 0) is 35.4 Å². The molecule has 1 N–H and O–H groups in total. The number of carbonyl (C=O) groups is 1. The van der Waals surface area contributed by atoms with Crippen molar-refractivity contribution in [1.82, 2.24) is 14.9 Å². The van der Waals surface area contributed by atoms with E-state index in [2.05, 4.69) is 16.9 Å². The summed E-state index contributed by atoms with van der Waals surface area (Å²) >= 11 is 7.28. The average Bonchev–Trinajstić information content (AvgIpc) is 2.84. The predicted molar refractivity (Wildman–Crippen MR) is 135 cm³/mol. The molecular formula is C26H22ClN3O2S. The molecule has 0 radical (unpaired) electrons. The lowest BCUT2D eigenvalue weighted by Crippen LogP contribution is -2.31. The number of halogens is 1. The van der Waals surface area contributed by atoms with Gasteiger partial charge in [0.1, 0.15) is 0 Å². The first-order valence-corrected chi connectivity index (χ1v) is 11.8. The number of fused-ring (bicyclic) bond motifs is 1. The molecule has 5 nitrogen and oxygen atoms in total. The van der Waals surface area contributed by atoms with E-state index in [1.807, 2.05) is 54.6 Å². The summed E-state index contributed by atoms with van der Waals surface area (Å²) in [5, 5.41) is 4.76. The highest BCUT2D eigenvalue weighted by atomic mass is 35.5. The van der Waals surface area contributed by atoms with Crippen molar-refractivity contribution in [2.24, 2.45) is 0 Å². The minimum absolute atomic E-state index is 0.110. The number of thioether (sulfide) groups is 1. The zero-order chi connectivity index (χ0) is 23.2. The summed E-state index contributed by atoms with van der Waals surface area (Å²) in [6.07, 6.45) is 1.65. The van der Waals surface area contributed by atoms with E-state index in [-0.39, 0.29) is 23.3 Å². The highest BCUT2D eigenvalue weighted by molar-refractivity contribution is 7.99. The van der Waals surface area contributed by atoms with Crippen LogP contribution in [0.2, 0.25) is 5.02 Å². The van der Waals surface area contributed by atoms with Crippen LogP contribution in [0.25, 0.3) is 10.9 Å². The van der Waals surface area contributed by atoms with Crippen molar-refractivity contribution >= 4 is 40.2 Å². The number of rotatable bonds is 8. The SMILES string of the molecule is C=CCn1c(SCC(=O)NC(c2ccccc2)c2ccc(Cl)cc2)nc2ccccc2c1=O. The summed E-state index contributed by atoms with van der Waals surface area (Å²) in [6.45, 7) is 4.06. The molecule has 0 fully saturated rings. The molecule has 0 saturated carbocycles. The number of allylic oxidation sites excluding steroid dienone is 1. The van der Waals surface area contributed by atoms with Crippen LogP contribution >= 0.6 is 23.4 Å². The predicted octanol–water partition coefficient (Wildman–Crippen LogP) is 5.23. The molecule has 4 aromatic rings. The minimum Gasteiger partial charge on any atom is -0.344 e. The molecule has 1 aromatic heterocycles.